The minimum absolute atomic E-state index is 0.0318. The lowest BCUT2D eigenvalue weighted by molar-refractivity contribution is -0.0716. The predicted octanol–water partition coefficient (Wildman–Crippen LogP) is 1.25. The summed E-state index contributed by atoms with van der Waals surface area (Å²) in [5, 5.41) is 0. The Bertz CT molecular complexity index is 82.2. The van der Waals surface area contributed by atoms with E-state index in [4.69, 9.17) is 0 Å². The second-order valence-electron chi connectivity index (χ2n) is 1.74. The first-order valence-corrected chi connectivity index (χ1v) is 3.26. The Morgan fingerprint density at radius 3 is 2.36 bits per heavy atom. The Balaban J connectivity index is 2.89. The molecule has 0 aromatic heterocycles. The van der Waals surface area contributed by atoms with Crippen molar-refractivity contribution in [2.45, 2.75) is 6.36 Å². The summed E-state index contributed by atoms with van der Waals surface area (Å²) in [7, 11) is 0. The van der Waals surface area contributed by atoms with Gasteiger partial charge >= 0.3 is 0 Å². The van der Waals surface area contributed by atoms with Crippen LogP contribution in [0.5, 0.6) is 0 Å². The molecule has 0 radical (unpaired) electrons. The van der Waals surface area contributed by atoms with Crippen LogP contribution in [0.1, 0.15) is 0 Å². The van der Waals surface area contributed by atoms with Crippen LogP contribution in [0.4, 0.5) is 13.2 Å². The molecule has 1 unspecified atom stereocenters. The first kappa shape index (κ1) is 10.7. The second kappa shape index (κ2) is 7.81. The van der Waals surface area contributed by atoms with E-state index in [1.165, 1.54) is 0 Å². The molecular formula is C6H11F3O2. The molecule has 68 valence electrons. The van der Waals surface area contributed by atoms with Gasteiger partial charge in [-0.25, -0.2) is 13.2 Å². The molecule has 0 fully saturated rings. The highest BCUT2D eigenvalue weighted by Gasteiger charge is 2.03. The quantitative estimate of drug-likeness (QED) is 0.538. The summed E-state index contributed by atoms with van der Waals surface area (Å²) in [4.78, 5) is 0. The van der Waals surface area contributed by atoms with Gasteiger partial charge in [-0.15, -0.1) is 0 Å². The molecular weight excluding hydrogens is 161 g/mol. The smallest absolute Gasteiger partial charge is 0.227 e. The second-order valence-corrected chi connectivity index (χ2v) is 1.74. The fourth-order valence-corrected chi connectivity index (χ4v) is 0.436. The summed E-state index contributed by atoms with van der Waals surface area (Å²) in [6.07, 6.45) is -1.89. The average molecular weight is 172 g/mol. The zero-order valence-electron chi connectivity index (χ0n) is 6.06. The molecule has 11 heavy (non-hydrogen) atoms. The van der Waals surface area contributed by atoms with Crippen LogP contribution < -0.4 is 0 Å². The van der Waals surface area contributed by atoms with Crippen molar-refractivity contribution in [2.24, 2.45) is 0 Å². The number of hydrogen-bond donors (Lipinski definition) is 0. The average Bonchev–Trinajstić information content (AvgIpc) is 2.04. The van der Waals surface area contributed by atoms with Crippen LogP contribution in [-0.4, -0.2) is 39.5 Å². The maximum absolute atomic E-state index is 11.9. The van der Waals surface area contributed by atoms with Crippen molar-refractivity contribution in [1.82, 2.24) is 0 Å². The summed E-state index contributed by atoms with van der Waals surface area (Å²) < 4.78 is 43.5. The molecule has 0 spiro atoms. The Hall–Kier alpha value is -0.290. The van der Waals surface area contributed by atoms with Gasteiger partial charge in [-0.2, -0.15) is 0 Å². The third-order valence-corrected chi connectivity index (χ3v) is 0.869. The standard InChI is InChI=1S/C6H11F3O2/c7-1-2-10-3-4-11-6(9)5-8/h6H,1-5H2. The van der Waals surface area contributed by atoms with Crippen LogP contribution in [0.2, 0.25) is 0 Å². The van der Waals surface area contributed by atoms with Gasteiger partial charge in [-0.3, -0.25) is 0 Å². The zero-order chi connectivity index (χ0) is 8.53. The van der Waals surface area contributed by atoms with E-state index in [0.717, 1.165) is 0 Å². The SMILES string of the molecule is FCCOCCOC(F)CF. The molecule has 2 nitrogen and oxygen atoms in total. The van der Waals surface area contributed by atoms with Crippen molar-refractivity contribution in [3.8, 4) is 0 Å². The summed E-state index contributed by atoms with van der Waals surface area (Å²) in [5.74, 6) is 0. The Morgan fingerprint density at radius 1 is 1.09 bits per heavy atom. The minimum atomic E-state index is -1.89. The molecule has 1 atom stereocenters. The molecule has 0 aromatic rings. The summed E-state index contributed by atoms with van der Waals surface area (Å²) in [6, 6.07) is 0. The van der Waals surface area contributed by atoms with Gasteiger partial charge in [-0.1, -0.05) is 0 Å². The largest absolute Gasteiger partial charge is 0.376 e. The molecule has 0 heterocycles. The monoisotopic (exact) mass is 172 g/mol. The maximum Gasteiger partial charge on any atom is 0.227 e. The summed E-state index contributed by atoms with van der Waals surface area (Å²) in [6.45, 7) is -1.74. The van der Waals surface area contributed by atoms with Crippen LogP contribution in [0.25, 0.3) is 0 Å². The lowest BCUT2D eigenvalue weighted by Gasteiger charge is -2.05. The van der Waals surface area contributed by atoms with Gasteiger partial charge in [-0.05, 0) is 0 Å². The van der Waals surface area contributed by atoms with E-state index in [1.54, 1.807) is 0 Å². The van der Waals surface area contributed by atoms with E-state index >= 15 is 0 Å². The van der Waals surface area contributed by atoms with Crippen molar-refractivity contribution in [1.29, 1.82) is 0 Å². The van der Waals surface area contributed by atoms with Crippen molar-refractivity contribution in [2.75, 3.05) is 33.2 Å². The van der Waals surface area contributed by atoms with Gasteiger partial charge in [0.05, 0.1) is 19.8 Å². The van der Waals surface area contributed by atoms with E-state index in [-0.39, 0.29) is 19.8 Å². The normalized spacial score (nSPS) is 13.4. The van der Waals surface area contributed by atoms with Crippen LogP contribution in [0, 0.1) is 0 Å². The lowest BCUT2D eigenvalue weighted by atomic mass is 10.7. The molecule has 5 heteroatoms. The molecule has 0 aromatic carbocycles. The van der Waals surface area contributed by atoms with Crippen molar-refractivity contribution in [3.05, 3.63) is 0 Å². The Morgan fingerprint density at radius 2 is 1.82 bits per heavy atom. The number of halogens is 3. The Labute approximate surface area is 63.3 Å². The van der Waals surface area contributed by atoms with Crippen molar-refractivity contribution in [3.63, 3.8) is 0 Å². The number of ether oxygens (including phenoxy) is 2. The first-order valence-electron chi connectivity index (χ1n) is 3.26. The highest BCUT2D eigenvalue weighted by molar-refractivity contribution is 4.36. The van der Waals surface area contributed by atoms with Crippen LogP contribution >= 0.6 is 0 Å². The lowest BCUT2D eigenvalue weighted by Crippen LogP contribution is -2.13. The molecule has 0 aliphatic rings. The zero-order valence-corrected chi connectivity index (χ0v) is 6.06. The molecule has 0 saturated carbocycles. The Kier molecular flexibility index (Phi) is 7.61. The van der Waals surface area contributed by atoms with E-state index in [9.17, 15) is 13.2 Å². The predicted molar refractivity (Wildman–Crippen MR) is 33.6 cm³/mol. The van der Waals surface area contributed by atoms with Gasteiger partial charge in [0.25, 0.3) is 0 Å². The first-order chi connectivity index (χ1) is 5.31. The minimum Gasteiger partial charge on any atom is -0.376 e. The fourth-order valence-electron chi connectivity index (χ4n) is 0.436. The molecule has 0 bridgehead atoms. The van der Waals surface area contributed by atoms with E-state index in [0.29, 0.717) is 0 Å². The fraction of sp³-hybridized carbons (Fsp3) is 1.00. The highest BCUT2D eigenvalue weighted by atomic mass is 19.2. The molecule has 0 saturated heterocycles. The van der Waals surface area contributed by atoms with Crippen LogP contribution in [0.3, 0.4) is 0 Å². The summed E-state index contributed by atoms with van der Waals surface area (Å²) >= 11 is 0. The number of hydrogen-bond acceptors (Lipinski definition) is 2. The van der Waals surface area contributed by atoms with Crippen molar-refractivity contribution >= 4 is 0 Å². The van der Waals surface area contributed by atoms with Crippen molar-refractivity contribution < 1.29 is 22.6 Å². The number of rotatable bonds is 7. The van der Waals surface area contributed by atoms with E-state index < -0.39 is 19.7 Å². The van der Waals surface area contributed by atoms with Crippen LogP contribution in [-0.2, 0) is 9.47 Å². The van der Waals surface area contributed by atoms with Gasteiger partial charge in [0.1, 0.15) is 13.3 Å². The van der Waals surface area contributed by atoms with Gasteiger partial charge in [0, 0.05) is 0 Å². The molecule has 0 aliphatic carbocycles. The van der Waals surface area contributed by atoms with Gasteiger partial charge in [0.2, 0.25) is 6.36 Å². The third kappa shape index (κ3) is 7.61. The van der Waals surface area contributed by atoms with E-state index in [1.807, 2.05) is 0 Å². The molecule has 0 N–H and O–H groups in total. The molecule has 0 aliphatic heterocycles. The molecule has 0 amide bonds. The van der Waals surface area contributed by atoms with Gasteiger partial charge in [0.15, 0.2) is 0 Å². The highest BCUT2D eigenvalue weighted by Crippen LogP contribution is 1.93. The van der Waals surface area contributed by atoms with Crippen LogP contribution in [0.15, 0.2) is 0 Å². The van der Waals surface area contributed by atoms with Gasteiger partial charge < -0.3 is 9.47 Å². The van der Waals surface area contributed by atoms with E-state index in [2.05, 4.69) is 9.47 Å². The topological polar surface area (TPSA) is 18.5 Å². The number of alkyl halides is 3. The molecule has 0 rings (SSSR count). The third-order valence-electron chi connectivity index (χ3n) is 0.869. The maximum atomic E-state index is 11.9. The summed E-state index contributed by atoms with van der Waals surface area (Å²) in [5.41, 5.74) is 0.